The van der Waals surface area contributed by atoms with E-state index in [9.17, 15) is 18.4 Å². The molecular weight excluding hydrogens is 619 g/mol. The summed E-state index contributed by atoms with van der Waals surface area (Å²) in [5, 5.41) is 11.3. The van der Waals surface area contributed by atoms with Gasteiger partial charge in [-0.05, 0) is 49.4 Å². The highest BCUT2D eigenvalue weighted by atomic mass is 32.2. The molecule has 3 atom stereocenters. The number of fused-ring (bicyclic) bond motifs is 3. The van der Waals surface area contributed by atoms with Gasteiger partial charge in [0.25, 0.3) is 5.03 Å². The Hall–Kier alpha value is -3.83. The number of anilines is 1. The largest absolute Gasteiger partial charge is 0.610 e. The van der Waals surface area contributed by atoms with Crippen molar-refractivity contribution in [3.8, 4) is 35.4 Å². The number of pyridine rings is 1. The van der Waals surface area contributed by atoms with E-state index in [2.05, 4.69) is 20.8 Å². The molecule has 0 saturated carbocycles. The molecule has 2 aromatic heterocycles. The van der Waals surface area contributed by atoms with Crippen molar-refractivity contribution in [1.82, 2.24) is 19.9 Å². The molecule has 7 rings (SSSR count). The standard InChI is InChI=1S/C33H32F3N5O4S/c1-3-22-24(35)7-6-19-14-21(42)15-23(25(19)22)28-27(36)29-26(31(37-28)46(2)43)30(40-9-5-12-44-13-11-40)39-32(38-29)45-18-33-8-4-10-41(33)17-20(34)16-33/h1,6-7,14-15,20,42H,4-5,8-13,16-18H2,2H3/t20-,33+,46?/m1/s1. The van der Waals surface area contributed by atoms with E-state index in [0.29, 0.717) is 56.9 Å². The number of phenols is 1. The van der Waals surface area contributed by atoms with Crippen molar-refractivity contribution in [3.05, 3.63) is 41.5 Å². The first-order valence-corrected chi connectivity index (χ1v) is 16.8. The van der Waals surface area contributed by atoms with Gasteiger partial charge in [0.15, 0.2) is 11.6 Å². The lowest BCUT2D eigenvalue weighted by Gasteiger charge is -2.31. The highest BCUT2D eigenvalue weighted by Gasteiger charge is 2.49. The number of halogens is 3. The predicted octanol–water partition coefficient (Wildman–Crippen LogP) is 4.73. The molecule has 0 spiro atoms. The van der Waals surface area contributed by atoms with Crippen LogP contribution in [0.5, 0.6) is 11.8 Å². The van der Waals surface area contributed by atoms with Crippen LogP contribution in [0.2, 0.25) is 0 Å². The van der Waals surface area contributed by atoms with Gasteiger partial charge in [-0.25, -0.2) is 13.2 Å². The summed E-state index contributed by atoms with van der Waals surface area (Å²) < 4.78 is 71.5. The van der Waals surface area contributed by atoms with Crippen LogP contribution in [0.1, 0.15) is 31.2 Å². The van der Waals surface area contributed by atoms with E-state index >= 15 is 4.39 Å². The van der Waals surface area contributed by atoms with Crippen LogP contribution in [0, 0.1) is 24.0 Å². The van der Waals surface area contributed by atoms with Gasteiger partial charge in [0.1, 0.15) is 47.2 Å². The summed E-state index contributed by atoms with van der Waals surface area (Å²) in [7, 11) is 0. The summed E-state index contributed by atoms with van der Waals surface area (Å²) in [6.45, 7) is 3.11. The van der Waals surface area contributed by atoms with Crippen LogP contribution in [0.25, 0.3) is 32.9 Å². The number of ether oxygens (including phenoxy) is 2. The quantitative estimate of drug-likeness (QED) is 0.234. The van der Waals surface area contributed by atoms with E-state index in [1.54, 1.807) is 0 Å². The molecule has 5 heterocycles. The van der Waals surface area contributed by atoms with Crippen molar-refractivity contribution in [3.63, 3.8) is 0 Å². The zero-order valence-corrected chi connectivity index (χ0v) is 26.0. The van der Waals surface area contributed by atoms with Crippen molar-refractivity contribution >= 4 is 38.7 Å². The Morgan fingerprint density at radius 1 is 1.15 bits per heavy atom. The van der Waals surface area contributed by atoms with Crippen LogP contribution in [0.3, 0.4) is 0 Å². The molecule has 3 aliphatic heterocycles. The van der Waals surface area contributed by atoms with Crippen molar-refractivity contribution < 1.29 is 32.3 Å². The second kappa shape index (κ2) is 12.1. The molecular formula is C33H32F3N5O4S. The summed E-state index contributed by atoms with van der Waals surface area (Å²) in [6.07, 6.45) is 8.81. The lowest BCUT2D eigenvalue weighted by Crippen LogP contribution is -2.43. The van der Waals surface area contributed by atoms with Crippen LogP contribution in [0.15, 0.2) is 29.3 Å². The van der Waals surface area contributed by atoms with Gasteiger partial charge >= 0.3 is 6.01 Å². The van der Waals surface area contributed by atoms with E-state index in [0.717, 1.165) is 19.4 Å². The fraction of sp³-hybridized carbons (Fsp3) is 0.424. The van der Waals surface area contributed by atoms with Gasteiger partial charge in [-0.3, -0.25) is 4.90 Å². The average Bonchev–Trinajstić information content (AvgIpc) is 3.41. The van der Waals surface area contributed by atoms with Crippen LogP contribution in [-0.2, 0) is 15.9 Å². The van der Waals surface area contributed by atoms with Gasteiger partial charge in [-0.15, -0.1) is 6.42 Å². The average molecular weight is 652 g/mol. The third-order valence-corrected chi connectivity index (χ3v) is 10.0. The number of alkyl halides is 1. The van der Waals surface area contributed by atoms with Gasteiger partial charge < -0.3 is 24.0 Å². The monoisotopic (exact) mass is 651 g/mol. The van der Waals surface area contributed by atoms with Gasteiger partial charge in [0, 0.05) is 54.8 Å². The Bertz CT molecular complexity index is 1880. The molecule has 2 aromatic carbocycles. The van der Waals surface area contributed by atoms with E-state index in [1.807, 2.05) is 4.90 Å². The second-order valence-electron chi connectivity index (χ2n) is 12.1. The Balaban J connectivity index is 1.46. The van der Waals surface area contributed by atoms with E-state index in [4.69, 9.17) is 20.9 Å². The maximum absolute atomic E-state index is 17.0. The molecule has 0 bridgehead atoms. The zero-order chi connectivity index (χ0) is 32.2. The second-order valence-corrected chi connectivity index (χ2v) is 13.4. The van der Waals surface area contributed by atoms with Gasteiger partial charge in [-0.2, -0.15) is 15.0 Å². The molecule has 240 valence electrons. The van der Waals surface area contributed by atoms with Crippen molar-refractivity contribution in [2.24, 2.45) is 0 Å². The maximum Gasteiger partial charge on any atom is 0.319 e. The number of benzene rings is 2. The lowest BCUT2D eigenvalue weighted by molar-refractivity contribution is 0.107. The van der Waals surface area contributed by atoms with Gasteiger partial charge in [-0.1, -0.05) is 12.0 Å². The fourth-order valence-corrected chi connectivity index (χ4v) is 7.84. The van der Waals surface area contributed by atoms with Crippen molar-refractivity contribution in [1.29, 1.82) is 0 Å². The number of hydrogen-bond acceptors (Lipinski definition) is 9. The lowest BCUT2D eigenvalue weighted by atomic mass is 9.95. The highest BCUT2D eigenvalue weighted by molar-refractivity contribution is 7.90. The van der Waals surface area contributed by atoms with Crippen molar-refractivity contribution in [2.75, 3.05) is 57.2 Å². The normalized spacial score (nSPS) is 22.6. The molecule has 0 aliphatic carbocycles. The third-order valence-electron chi connectivity index (χ3n) is 9.19. The number of rotatable bonds is 6. The molecule has 4 aromatic rings. The SMILES string of the molecule is C#Cc1c(F)ccc2cc(O)cc(-c3nc([S+](C)[O-])c4c(N5CCCOCC5)nc(OC[C@@]56CCCN5C[C@H](F)C6)nc4c3F)c12. The Labute approximate surface area is 266 Å². The zero-order valence-electron chi connectivity index (χ0n) is 25.2. The van der Waals surface area contributed by atoms with Crippen LogP contribution < -0.4 is 9.64 Å². The smallest absolute Gasteiger partial charge is 0.319 e. The van der Waals surface area contributed by atoms with Crippen LogP contribution >= 0.6 is 0 Å². The molecule has 3 fully saturated rings. The summed E-state index contributed by atoms with van der Waals surface area (Å²) in [5.41, 5.74) is -1.13. The highest BCUT2D eigenvalue weighted by Crippen LogP contribution is 2.43. The minimum absolute atomic E-state index is 0.00453. The minimum atomic E-state index is -1.77. The molecule has 0 amide bonds. The number of aromatic hydroxyl groups is 1. The van der Waals surface area contributed by atoms with Crippen molar-refractivity contribution in [2.45, 2.75) is 42.4 Å². The number of nitrogens with zero attached hydrogens (tertiary/aromatic N) is 5. The summed E-state index contributed by atoms with van der Waals surface area (Å²) in [5.74, 6) is 0.790. The summed E-state index contributed by atoms with van der Waals surface area (Å²) >= 11 is -1.77. The summed E-state index contributed by atoms with van der Waals surface area (Å²) in [6, 6.07) is 5.12. The van der Waals surface area contributed by atoms with Crippen LogP contribution in [0.4, 0.5) is 19.0 Å². The molecule has 3 aliphatic rings. The topological polar surface area (TPSA) is 107 Å². The minimum Gasteiger partial charge on any atom is -0.610 e. The number of phenolic OH excluding ortho intramolecular Hbond substituents is 1. The van der Waals surface area contributed by atoms with Gasteiger partial charge in [0.05, 0.1) is 17.7 Å². The third kappa shape index (κ3) is 5.27. The first-order valence-electron chi connectivity index (χ1n) is 15.2. The molecule has 9 nitrogen and oxygen atoms in total. The molecule has 3 saturated heterocycles. The van der Waals surface area contributed by atoms with Crippen LogP contribution in [-0.4, -0.2) is 93.5 Å². The van der Waals surface area contributed by atoms with Gasteiger partial charge in [0.2, 0.25) is 0 Å². The van der Waals surface area contributed by atoms with E-state index in [-0.39, 0.29) is 56.5 Å². The Morgan fingerprint density at radius 3 is 2.80 bits per heavy atom. The van der Waals surface area contributed by atoms with E-state index in [1.165, 1.54) is 30.5 Å². The molecule has 0 radical (unpaired) electrons. The summed E-state index contributed by atoms with van der Waals surface area (Å²) in [4.78, 5) is 17.8. The Morgan fingerprint density at radius 2 is 2.00 bits per heavy atom. The molecule has 1 N–H and O–H groups in total. The first-order chi connectivity index (χ1) is 22.2. The molecule has 13 heteroatoms. The maximum atomic E-state index is 17.0. The number of terminal acetylenes is 1. The Kier molecular flexibility index (Phi) is 8.09. The fourth-order valence-electron chi connectivity index (χ4n) is 7.14. The molecule has 46 heavy (non-hydrogen) atoms. The molecule has 1 unspecified atom stereocenters. The first kappa shape index (κ1) is 30.8. The predicted molar refractivity (Wildman–Crippen MR) is 168 cm³/mol. The van der Waals surface area contributed by atoms with E-state index < -0.39 is 34.5 Å². The number of hydrogen-bond donors (Lipinski definition) is 1. The number of aromatic nitrogens is 3.